The van der Waals surface area contributed by atoms with Crippen LogP contribution in [0, 0.1) is 0 Å². The minimum absolute atomic E-state index is 0.434. The van der Waals surface area contributed by atoms with Gasteiger partial charge in [-0.1, -0.05) is 66.7 Å². The molecule has 1 unspecified atom stereocenters. The summed E-state index contributed by atoms with van der Waals surface area (Å²) >= 11 is 0. The van der Waals surface area contributed by atoms with Crippen LogP contribution in [0.25, 0.3) is 11.1 Å². The summed E-state index contributed by atoms with van der Waals surface area (Å²) < 4.78 is 0.891. The van der Waals surface area contributed by atoms with Crippen molar-refractivity contribution in [2.75, 3.05) is 14.1 Å². The van der Waals surface area contributed by atoms with Crippen LogP contribution in [0.2, 0.25) is 0 Å². The molecule has 0 spiro atoms. The first kappa shape index (κ1) is 14.2. The third-order valence-corrected chi connectivity index (χ3v) is 5.19. The zero-order valence-electron chi connectivity index (χ0n) is 13.7. The van der Waals surface area contributed by atoms with Crippen LogP contribution in [0.1, 0.15) is 17.2 Å². The molecule has 114 valence electrons. The molecule has 3 aromatic rings. The Bertz CT molecular complexity index is 833. The van der Waals surface area contributed by atoms with Crippen molar-refractivity contribution in [1.82, 2.24) is 4.48 Å². The number of quaternary nitrogens is 1. The molecule has 0 saturated heterocycles. The lowest BCUT2D eigenvalue weighted by atomic mass is 9.84. The lowest BCUT2D eigenvalue weighted by Gasteiger charge is -2.43. The zero-order chi connectivity index (χ0) is 15.9. The summed E-state index contributed by atoms with van der Waals surface area (Å²) in [5.41, 5.74) is 7.03. The molecule has 1 nitrogen and oxygen atoms in total. The van der Waals surface area contributed by atoms with Crippen molar-refractivity contribution in [2.24, 2.45) is 0 Å². The molecule has 0 radical (unpaired) electrons. The van der Waals surface area contributed by atoms with Gasteiger partial charge in [-0.3, -0.25) is 4.48 Å². The number of nitrogens with zero attached hydrogens (tertiary/aromatic N) is 1. The molecule has 0 aromatic heterocycles. The van der Waals surface area contributed by atoms with E-state index in [-0.39, 0.29) is 0 Å². The summed E-state index contributed by atoms with van der Waals surface area (Å²) in [6.07, 6.45) is 1.05. The number of benzene rings is 3. The van der Waals surface area contributed by atoms with Gasteiger partial charge in [-0.15, -0.1) is 0 Å². The predicted molar refractivity (Wildman–Crippen MR) is 98.4 cm³/mol. The van der Waals surface area contributed by atoms with Gasteiger partial charge in [0.2, 0.25) is 0 Å². The summed E-state index contributed by atoms with van der Waals surface area (Å²) in [5, 5.41) is 0. The van der Waals surface area contributed by atoms with Crippen molar-refractivity contribution in [2.45, 2.75) is 12.5 Å². The third kappa shape index (κ3) is 2.29. The van der Waals surface area contributed by atoms with Gasteiger partial charge in [0.25, 0.3) is 0 Å². The second kappa shape index (κ2) is 5.36. The normalized spacial score (nSPS) is 18.1. The highest BCUT2D eigenvalue weighted by molar-refractivity contribution is 5.82. The molecule has 23 heavy (non-hydrogen) atoms. The monoisotopic (exact) mass is 300 g/mol. The molecule has 1 heteroatoms. The maximum atomic E-state index is 2.34. The predicted octanol–water partition coefficient (Wildman–Crippen LogP) is 5.22. The smallest absolute Gasteiger partial charge is 0.140 e. The van der Waals surface area contributed by atoms with E-state index in [4.69, 9.17) is 0 Å². The van der Waals surface area contributed by atoms with Crippen molar-refractivity contribution in [1.29, 1.82) is 0 Å². The highest BCUT2D eigenvalue weighted by Crippen LogP contribution is 2.48. The maximum Gasteiger partial charge on any atom is 0.140 e. The summed E-state index contributed by atoms with van der Waals surface area (Å²) in [5.74, 6) is 0. The van der Waals surface area contributed by atoms with Gasteiger partial charge < -0.3 is 0 Å². The molecule has 1 atom stereocenters. The summed E-state index contributed by atoms with van der Waals surface area (Å²) in [4.78, 5) is 0. The minimum atomic E-state index is 0.434. The van der Waals surface area contributed by atoms with Gasteiger partial charge in [0.15, 0.2) is 0 Å². The lowest BCUT2D eigenvalue weighted by Crippen LogP contribution is -2.47. The van der Waals surface area contributed by atoms with Crippen LogP contribution >= 0.6 is 0 Å². The van der Waals surface area contributed by atoms with Gasteiger partial charge in [-0.2, -0.15) is 0 Å². The molecule has 1 heterocycles. The van der Waals surface area contributed by atoms with Crippen molar-refractivity contribution in [3.8, 4) is 11.1 Å². The fourth-order valence-corrected chi connectivity index (χ4v) is 3.93. The Morgan fingerprint density at radius 3 is 2.09 bits per heavy atom. The molecule has 0 amide bonds. The fraction of sp³-hybridized carbons (Fsp3) is 0.182. The number of hydrogen-bond acceptors (Lipinski definition) is 0. The Morgan fingerprint density at radius 2 is 1.30 bits per heavy atom. The maximum absolute atomic E-state index is 2.34. The fourth-order valence-electron chi connectivity index (χ4n) is 3.93. The van der Waals surface area contributed by atoms with Crippen LogP contribution in [-0.4, -0.2) is 14.1 Å². The Labute approximate surface area is 138 Å². The van der Waals surface area contributed by atoms with Crippen molar-refractivity contribution < 1.29 is 0 Å². The highest BCUT2D eigenvalue weighted by Gasteiger charge is 2.39. The van der Waals surface area contributed by atoms with Gasteiger partial charge in [0.1, 0.15) is 11.7 Å². The third-order valence-electron chi connectivity index (χ3n) is 5.19. The van der Waals surface area contributed by atoms with Crippen LogP contribution in [0.4, 0.5) is 5.69 Å². The SMILES string of the molecule is C[N+]1(C)c2ccccc2-c2ccccc2C1Cc1ccccc1. The molecule has 1 aliphatic rings. The van der Waals surface area contributed by atoms with E-state index in [1.807, 2.05) is 0 Å². The molecule has 4 rings (SSSR count). The standard InChI is InChI=1S/C22H22N/c1-23(2)21-15-9-8-13-19(21)18-12-6-7-14-20(18)22(23)16-17-10-4-3-5-11-17/h3-15,22H,16H2,1-2H3/q+1. The summed E-state index contributed by atoms with van der Waals surface area (Å²) in [6, 6.07) is 29.0. The highest BCUT2D eigenvalue weighted by atomic mass is 15.3. The van der Waals surface area contributed by atoms with Crippen LogP contribution in [0.5, 0.6) is 0 Å². The molecule has 0 fully saturated rings. The van der Waals surface area contributed by atoms with Gasteiger partial charge >= 0.3 is 0 Å². The second-order valence-electron chi connectivity index (χ2n) is 6.85. The average molecular weight is 300 g/mol. The molecule has 0 bridgehead atoms. The number of hydrogen-bond donors (Lipinski definition) is 0. The Kier molecular flexibility index (Phi) is 3.32. The van der Waals surface area contributed by atoms with Gasteiger partial charge in [-0.25, -0.2) is 0 Å². The Hall–Kier alpha value is -2.38. The van der Waals surface area contributed by atoms with E-state index in [1.165, 1.54) is 27.9 Å². The number of likely N-dealkylation sites (N-methyl/N-ethyl adjacent to an activating group) is 1. The average Bonchev–Trinajstić information content (AvgIpc) is 2.60. The zero-order valence-corrected chi connectivity index (χ0v) is 13.7. The van der Waals surface area contributed by atoms with Gasteiger partial charge in [-0.05, 0) is 23.3 Å². The number of fused-ring (bicyclic) bond motifs is 3. The molecule has 0 saturated carbocycles. The topological polar surface area (TPSA) is 0 Å². The van der Waals surface area contributed by atoms with E-state index in [2.05, 4.69) is 93.0 Å². The van der Waals surface area contributed by atoms with E-state index in [0.717, 1.165) is 10.9 Å². The van der Waals surface area contributed by atoms with Crippen LogP contribution in [0.3, 0.4) is 0 Å². The van der Waals surface area contributed by atoms with Crippen molar-refractivity contribution in [3.63, 3.8) is 0 Å². The largest absolute Gasteiger partial charge is 0.289 e. The van der Waals surface area contributed by atoms with Crippen molar-refractivity contribution in [3.05, 3.63) is 90.0 Å². The molecule has 0 N–H and O–H groups in total. The van der Waals surface area contributed by atoms with Gasteiger partial charge in [0, 0.05) is 17.5 Å². The van der Waals surface area contributed by atoms with E-state index >= 15 is 0 Å². The molecular formula is C22H22N+. The Morgan fingerprint density at radius 1 is 0.696 bits per heavy atom. The quantitative estimate of drug-likeness (QED) is 0.569. The molecule has 3 aromatic carbocycles. The minimum Gasteiger partial charge on any atom is -0.289 e. The van der Waals surface area contributed by atoms with Crippen LogP contribution < -0.4 is 4.48 Å². The van der Waals surface area contributed by atoms with E-state index in [0.29, 0.717) is 6.04 Å². The molecule has 0 aliphatic carbocycles. The summed E-state index contributed by atoms with van der Waals surface area (Å²) in [7, 11) is 4.67. The van der Waals surface area contributed by atoms with Crippen LogP contribution in [-0.2, 0) is 6.42 Å². The van der Waals surface area contributed by atoms with Crippen LogP contribution in [0.15, 0.2) is 78.9 Å². The van der Waals surface area contributed by atoms with E-state index in [1.54, 1.807) is 0 Å². The van der Waals surface area contributed by atoms with Gasteiger partial charge in [0.05, 0.1) is 14.1 Å². The van der Waals surface area contributed by atoms with E-state index in [9.17, 15) is 0 Å². The summed E-state index contributed by atoms with van der Waals surface area (Å²) in [6.45, 7) is 0. The first-order valence-electron chi connectivity index (χ1n) is 8.24. The Balaban J connectivity index is 1.89. The lowest BCUT2D eigenvalue weighted by molar-refractivity contribution is 0.291. The number of rotatable bonds is 2. The molecular weight excluding hydrogens is 278 g/mol. The van der Waals surface area contributed by atoms with E-state index < -0.39 is 0 Å². The molecule has 1 aliphatic heterocycles. The second-order valence-corrected chi connectivity index (χ2v) is 6.85. The first-order chi connectivity index (χ1) is 11.2. The first-order valence-corrected chi connectivity index (χ1v) is 8.24. The van der Waals surface area contributed by atoms with Crippen molar-refractivity contribution >= 4 is 5.69 Å². The number of para-hydroxylation sites is 1.